The zero-order chi connectivity index (χ0) is 21.8. The Kier molecular flexibility index (Phi) is 5.98. The number of rotatable bonds is 7. The molecule has 158 valence electrons. The lowest BCUT2D eigenvalue weighted by Crippen LogP contribution is -2.26. The summed E-state index contributed by atoms with van der Waals surface area (Å²) in [5.74, 6) is 0.792. The molecule has 2 aromatic heterocycles. The molecule has 0 bridgehead atoms. The lowest BCUT2D eigenvalue weighted by molar-refractivity contribution is 0.0954. The molecule has 0 fully saturated rings. The topological polar surface area (TPSA) is 63.1 Å². The van der Waals surface area contributed by atoms with Crippen LogP contribution >= 0.6 is 0 Å². The van der Waals surface area contributed by atoms with Gasteiger partial charge in [-0.3, -0.25) is 4.79 Å². The van der Waals surface area contributed by atoms with Gasteiger partial charge in [0.2, 0.25) is 0 Å². The standard InChI is InChI=1S/C25H27N5O/c1-4-19-14-20(25(31)26-13-12-18-8-6-5-7-9-18)10-11-22(19)30(3)24-15-23-21(16-27-24)28-17-29(23)2/h5-11,14-17H,4,12-13H2,1-3H3,(H,26,31). The van der Waals surface area contributed by atoms with E-state index >= 15 is 0 Å². The van der Waals surface area contributed by atoms with Crippen molar-refractivity contribution in [2.75, 3.05) is 18.5 Å². The Morgan fingerprint density at radius 3 is 2.68 bits per heavy atom. The smallest absolute Gasteiger partial charge is 0.251 e. The third kappa shape index (κ3) is 4.43. The molecule has 1 N–H and O–H groups in total. The second-order valence-electron chi connectivity index (χ2n) is 7.63. The molecule has 0 unspecified atom stereocenters. The van der Waals surface area contributed by atoms with Crippen molar-refractivity contribution in [3.63, 3.8) is 0 Å². The van der Waals surface area contributed by atoms with Crippen molar-refractivity contribution < 1.29 is 4.79 Å². The number of aromatic nitrogens is 3. The van der Waals surface area contributed by atoms with Crippen LogP contribution in [0, 0.1) is 0 Å². The number of pyridine rings is 1. The van der Waals surface area contributed by atoms with E-state index in [0.717, 1.165) is 40.9 Å². The second kappa shape index (κ2) is 9.00. The zero-order valence-corrected chi connectivity index (χ0v) is 18.2. The van der Waals surface area contributed by atoms with Gasteiger partial charge in [0, 0.05) is 38.0 Å². The summed E-state index contributed by atoms with van der Waals surface area (Å²) >= 11 is 0. The van der Waals surface area contributed by atoms with Gasteiger partial charge in [-0.25, -0.2) is 9.97 Å². The van der Waals surface area contributed by atoms with Crippen LogP contribution in [0.4, 0.5) is 11.5 Å². The molecule has 0 saturated carbocycles. The van der Waals surface area contributed by atoms with Gasteiger partial charge in [0.15, 0.2) is 0 Å². The number of carbonyl (C=O) groups is 1. The van der Waals surface area contributed by atoms with E-state index in [9.17, 15) is 4.79 Å². The Labute approximate surface area is 182 Å². The summed E-state index contributed by atoms with van der Waals surface area (Å²) < 4.78 is 1.98. The predicted molar refractivity (Wildman–Crippen MR) is 125 cm³/mol. The minimum absolute atomic E-state index is 0.0470. The van der Waals surface area contributed by atoms with Gasteiger partial charge in [-0.1, -0.05) is 37.3 Å². The maximum absolute atomic E-state index is 12.7. The summed E-state index contributed by atoms with van der Waals surface area (Å²) in [6.07, 6.45) is 5.22. The van der Waals surface area contributed by atoms with Crippen LogP contribution in [0.3, 0.4) is 0 Å². The van der Waals surface area contributed by atoms with Crippen molar-refractivity contribution in [2.24, 2.45) is 7.05 Å². The molecule has 0 spiro atoms. The number of nitrogens with zero attached hydrogens (tertiary/aromatic N) is 4. The SMILES string of the molecule is CCc1cc(C(=O)NCCc2ccccc2)ccc1N(C)c1cc2c(cn1)ncn2C. The first-order valence-corrected chi connectivity index (χ1v) is 10.5. The highest BCUT2D eigenvalue weighted by Gasteiger charge is 2.14. The Balaban J connectivity index is 1.50. The maximum atomic E-state index is 12.7. The van der Waals surface area contributed by atoms with Crippen molar-refractivity contribution in [1.82, 2.24) is 19.9 Å². The number of hydrogen-bond acceptors (Lipinski definition) is 4. The van der Waals surface area contributed by atoms with Gasteiger partial charge in [-0.2, -0.15) is 0 Å². The van der Waals surface area contributed by atoms with Gasteiger partial charge in [0.25, 0.3) is 5.91 Å². The summed E-state index contributed by atoms with van der Waals surface area (Å²) in [4.78, 5) is 23.6. The minimum atomic E-state index is -0.0470. The molecule has 0 radical (unpaired) electrons. The molecule has 4 rings (SSSR count). The van der Waals surface area contributed by atoms with Crippen LogP contribution in [-0.4, -0.2) is 34.0 Å². The first kappa shape index (κ1) is 20.6. The lowest BCUT2D eigenvalue weighted by atomic mass is 10.0. The van der Waals surface area contributed by atoms with E-state index in [4.69, 9.17) is 0 Å². The number of anilines is 2. The van der Waals surface area contributed by atoms with Gasteiger partial charge in [-0.05, 0) is 42.2 Å². The summed E-state index contributed by atoms with van der Waals surface area (Å²) in [5, 5.41) is 3.03. The van der Waals surface area contributed by atoms with Crippen LogP contribution in [0.15, 0.2) is 67.1 Å². The predicted octanol–water partition coefficient (Wildman–Crippen LogP) is 4.27. The molecule has 2 heterocycles. The number of hydrogen-bond donors (Lipinski definition) is 1. The molecule has 0 aliphatic heterocycles. The van der Waals surface area contributed by atoms with Crippen LogP contribution in [-0.2, 0) is 19.9 Å². The fourth-order valence-corrected chi connectivity index (χ4v) is 3.73. The molecule has 0 atom stereocenters. The monoisotopic (exact) mass is 413 g/mol. The van der Waals surface area contributed by atoms with Crippen LogP contribution in [0.25, 0.3) is 11.0 Å². The molecule has 2 aromatic carbocycles. The quantitative estimate of drug-likeness (QED) is 0.491. The molecular formula is C25H27N5O. The molecule has 6 nitrogen and oxygen atoms in total. The molecule has 0 saturated heterocycles. The highest BCUT2D eigenvalue weighted by atomic mass is 16.1. The molecule has 1 amide bonds. The summed E-state index contributed by atoms with van der Waals surface area (Å²) in [5.41, 5.74) is 5.94. The molecule has 0 aliphatic rings. The fraction of sp³-hybridized carbons (Fsp3) is 0.240. The van der Waals surface area contributed by atoms with Crippen molar-refractivity contribution >= 4 is 28.4 Å². The van der Waals surface area contributed by atoms with E-state index in [0.29, 0.717) is 12.1 Å². The van der Waals surface area contributed by atoms with Gasteiger partial charge in [-0.15, -0.1) is 0 Å². The van der Waals surface area contributed by atoms with E-state index < -0.39 is 0 Å². The third-order valence-corrected chi connectivity index (χ3v) is 5.57. The van der Waals surface area contributed by atoms with Gasteiger partial charge in [0.05, 0.1) is 18.0 Å². The van der Waals surface area contributed by atoms with Crippen LogP contribution in [0.1, 0.15) is 28.4 Å². The lowest BCUT2D eigenvalue weighted by Gasteiger charge is -2.22. The zero-order valence-electron chi connectivity index (χ0n) is 18.2. The van der Waals surface area contributed by atoms with E-state index in [1.54, 1.807) is 12.5 Å². The number of aryl methyl sites for hydroxylation is 2. The average Bonchev–Trinajstić information content (AvgIpc) is 3.18. The van der Waals surface area contributed by atoms with E-state index in [1.165, 1.54) is 5.56 Å². The highest BCUT2D eigenvalue weighted by Crippen LogP contribution is 2.28. The van der Waals surface area contributed by atoms with Gasteiger partial charge >= 0.3 is 0 Å². The van der Waals surface area contributed by atoms with Crippen LogP contribution in [0.2, 0.25) is 0 Å². The van der Waals surface area contributed by atoms with E-state index in [-0.39, 0.29) is 5.91 Å². The summed E-state index contributed by atoms with van der Waals surface area (Å²) in [7, 11) is 3.97. The number of imidazole rings is 1. The Morgan fingerprint density at radius 2 is 1.90 bits per heavy atom. The first-order chi connectivity index (χ1) is 15.1. The third-order valence-electron chi connectivity index (χ3n) is 5.57. The Hall–Kier alpha value is -3.67. The highest BCUT2D eigenvalue weighted by molar-refractivity contribution is 5.95. The molecule has 0 aliphatic carbocycles. The Morgan fingerprint density at radius 1 is 1.10 bits per heavy atom. The normalized spacial score (nSPS) is 10.9. The number of nitrogens with one attached hydrogen (secondary N) is 1. The largest absolute Gasteiger partial charge is 0.352 e. The van der Waals surface area contributed by atoms with Gasteiger partial charge < -0.3 is 14.8 Å². The second-order valence-corrected chi connectivity index (χ2v) is 7.63. The Bertz CT molecular complexity index is 1200. The number of fused-ring (bicyclic) bond motifs is 1. The van der Waals surface area contributed by atoms with Gasteiger partial charge in [0.1, 0.15) is 11.3 Å². The van der Waals surface area contributed by atoms with Crippen molar-refractivity contribution in [3.8, 4) is 0 Å². The fourth-order valence-electron chi connectivity index (χ4n) is 3.73. The van der Waals surface area contributed by atoms with E-state index in [1.807, 2.05) is 61.1 Å². The van der Waals surface area contributed by atoms with Crippen molar-refractivity contribution in [1.29, 1.82) is 0 Å². The number of amides is 1. The van der Waals surface area contributed by atoms with Crippen molar-refractivity contribution in [2.45, 2.75) is 19.8 Å². The van der Waals surface area contributed by atoms with Crippen molar-refractivity contribution in [3.05, 3.63) is 83.8 Å². The van der Waals surface area contributed by atoms with Crippen LogP contribution in [0.5, 0.6) is 0 Å². The molecular weight excluding hydrogens is 386 g/mol. The maximum Gasteiger partial charge on any atom is 0.251 e. The first-order valence-electron chi connectivity index (χ1n) is 10.5. The minimum Gasteiger partial charge on any atom is -0.352 e. The average molecular weight is 414 g/mol. The van der Waals surface area contributed by atoms with Crippen LogP contribution < -0.4 is 10.2 Å². The number of benzene rings is 2. The van der Waals surface area contributed by atoms with E-state index in [2.05, 4.69) is 39.2 Å². The summed E-state index contributed by atoms with van der Waals surface area (Å²) in [6, 6.07) is 18.1. The number of carbonyl (C=O) groups excluding carboxylic acids is 1. The summed E-state index contributed by atoms with van der Waals surface area (Å²) in [6.45, 7) is 2.71. The molecule has 4 aromatic rings. The molecule has 6 heteroatoms. The molecule has 31 heavy (non-hydrogen) atoms.